The van der Waals surface area contributed by atoms with Crippen molar-refractivity contribution in [3.05, 3.63) is 52.4 Å². The Kier molecular flexibility index (Phi) is 4.96. The van der Waals surface area contributed by atoms with Gasteiger partial charge >= 0.3 is 0 Å². The highest BCUT2D eigenvalue weighted by atomic mass is 16.5. The van der Waals surface area contributed by atoms with E-state index in [0.29, 0.717) is 6.04 Å². The Labute approximate surface area is 121 Å². The molecule has 1 heterocycles. The van der Waals surface area contributed by atoms with Crippen LogP contribution in [0.15, 0.2) is 28.8 Å². The molecule has 0 aliphatic carbocycles. The summed E-state index contributed by atoms with van der Waals surface area (Å²) >= 11 is 0. The van der Waals surface area contributed by atoms with Gasteiger partial charge in [-0.25, -0.2) is 0 Å². The Balaban J connectivity index is 1.77. The lowest BCUT2D eigenvalue weighted by Crippen LogP contribution is -2.20. The van der Waals surface area contributed by atoms with E-state index in [1.54, 1.807) is 0 Å². The molecule has 2 rings (SSSR count). The summed E-state index contributed by atoms with van der Waals surface area (Å²) < 4.78 is 5.18. The van der Waals surface area contributed by atoms with E-state index in [9.17, 15) is 0 Å². The third-order valence-electron chi connectivity index (χ3n) is 3.81. The normalized spacial score (nSPS) is 12.6. The maximum absolute atomic E-state index is 5.18. The molecule has 20 heavy (non-hydrogen) atoms. The molecule has 0 radical (unpaired) electrons. The minimum absolute atomic E-state index is 0.389. The molecule has 3 nitrogen and oxygen atoms in total. The van der Waals surface area contributed by atoms with Gasteiger partial charge in [-0.2, -0.15) is 0 Å². The van der Waals surface area contributed by atoms with E-state index >= 15 is 0 Å². The van der Waals surface area contributed by atoms with Gasteiger partial charge < -0.3 is 9.84 Å². The Morgan fingerprint density at radius 3 is 2.45 bits per heavy atom. The summed E-state index contributed by atoms with van der Waals surface area (Å²) in [7, 11) is 0. The molecule has 1 atom stereocenters. The molecule has 2 aromatic rings. The van der Waals surface area contributed by atoms with Crippen LogP contribution in [0.3, 0.4) is 0 Å². The van der Waals surface area contributed by atoms with Gasteiger partial charge in [0.15, 0.2) is 0 Å². The second kappa shape index (κ2) is 6.71. The van der Waals surface area contributed by atoms with Gasteiger partial charge in [0.2, 0.25) is 0 Å². The zero-order chi connectivity index (χ0) is 14.5. The van der Waals surface area contributed by atoms with Crippen LogP contribution in [0.1, 0.15) is 47.5 Å². The van der Waals surface area contributed by atoms with Crippen LogP contribution in [-0.4, -0.2) is 11.7 Å². The highest BCUT2D eigenvalue weighted by Gasteiger charge is 2.09. The molecular formula is C17H24N2O. The van der Waals surface area contributed by atoms with Gasteiger partial charge in [0.25, 0.3) is 0 Å². The van der Waals surface area contributed by atoms with Crippen LogP contribution in [0.2, 0.25) is 0 Å². The highest BCUT2D eigenvalue weighted by molar-refractivity contribution is 5.23. The molecule has 108 valence electrons. The van der Waals surface area contributed by atoms with Crippen LogP contribution in [0.5, 0.6) is 0 Å². The van der Waals surface area contributed by atoms with E-state index in [0.717, 1.165) is 30.8 Å². The Bertz CT molecular complexity index is 523. The van der Waals surface area contributed by atoms with Gasteiger partial charge in [0.05, 0.1) is 5.69 Å². The number of nitrogens with one attached hydrogen (secondary N) is 1. The molecule has 0 spiro atoms. The number of rotatable bonds is 6. The van der Waals surface area contributed by atoms with E-state index in [2.05, 4.69) is 48.6 Å². The fourth-order valence-electron chi connectivity index (χ4n) is 2.42. The van der Waals surface area contributed by atoms with E-state index in [4.69, 9.17) is 4.52 Å². The zero-order valence-electron chi connectivity index (χ0n) is 12.9. The summed E-state index contributed by atoms with van der Waals surface area (Å²) in [6.07, 6.45) is 2.12. The summed E-state index contributed by atoms with van der Waals surface area (Å²) in [5, 5.41) is 7.56. The van der Waals surface area contributed by atoms with Crippen molar-refractivity contribution < 1.29 is 4.52 Å². The third-order valence-corrected chi connectivity index (χ3v) is 3.81. The monoisotopic (exact) mass is 272 g/mol. The summed E-state index contributed by atoms with van der Waals surface area (Å²) in [4.78, 5) is 0. The topological polar surface area (TPSA) is 38.1 Å². The summed E-state index contributed by atoms with van der Waals surface area (Å²) in [6.45, 7) is 9.32. The van der Waals surface area contributed by atoms with Crippen LogP contribution in [0.25, 0.3) is 0 Å². The third kappa shape index (κ3) is 3.70. The number of nitrogens with zero attached hydrogens (tertiary/aromatic N) is 1. The minimum atomic E-state index is 0.389. The van der Waals surface area contributed by atoms with E-state index < -0.39 is 0 Å². The quantitative estimate of drug-likeness (QED) is 0.811. The number of hydrogen-bond acceptors (Lipinski definition) is 3. The molecule has 0 fully saturated rings. The van der Waals surface area contributed by atoms with Gasteiger partial charge in [-0.05, 0) is 52.6 Å². The summed E-state index contributed by atoms with van der Waals surface area (Å²) in [6, 6.07) is 9.11. The molecule has 0 bridgehead atoms. The molecule has 0 saturated carbocycles. The molecule has 0 saturated heterocycles. The molecule has 0 aliphatic rings. The number of aromatic nitrogens is 1. The second-order valence-electron chi connectivity index (χ2n) is 5.49. The Hall–Kier alpha value is -1.61. The summed E-state index contributed by atoms with van der Waals surface area (Å²) in [5.74, 6) is 0.953. The minimum Gasteiger partial charge on any atom is -0.361 e. The SMILES string of the molecule is Cc1ccc([C@H](C)NCCCc2c(C)noc2C)cc1. The molecule has 1 aromatic heterocycles. The van der Waals surface area contributed by atoms with Crippen molar-refractivity contribution in [1.82, 2.24) is 10.5 Å². The van der Waals surface area contributed by atoms with Crippen LogP contribution in [0, 0.1) is 20.8 Å². The first kappa shape index (κ1) is 14.8. The molecule has 3 heteroatoms. The van der Waals surface area contributed by atoms with E-state index in [-0.39, 0.29) is 0 Å². The Morgan fingerprint density at radius 1 is 1.15 bits per heavy atom. The lowest BCUT2D eigenvalue weighted by Gasteiger charge is -2.14. The van der Waals surface area contributed by atoms with Crippen LogP contribution in [-0.2, 0) is 6.42 Å². The fourth-order valence-corrected chi connectivity index (χ4v) is 2.42. The molecule has 1 aromatic carbocycles. The number of hydrogen-bond donors (Lipinski definition) is 1. The van der Waals surface area contributed by atoms with Gasteiger partial charge in [-0.1, -0.05) is 35.0 Å². The lowest BCUT2D eigenvalue weighted by atomic mass is 10.1. The van der Waals surface area contributed by atoms with Crippen molar-refractivity contribution in [2.24, 2.45) is 0 Å². The molecule has 1 N–H and O–H groups in total. The molecule has 0 amide bonds. The van der Waals surface area contributed by atoms with E-state index in [1.807, 2.05) is 13.8 Å². The van der Waals surface area contributed by atoms with Crippen molar-refractivity contribution in [1.29, 1.82) is 0 Å². The van der Waals surface area contributed by atoms with Crippen molar-refractivity contribution in [2.45, 2.75) is 46.6 Å². The van der Waals surface area contributed by atoms with E-state index in [1.165, 1.54) is 16.7 Å². The first-order valence-electron chi connectivity index (χ1n) is 7.29. The second-order valence-corrected chi connectivity index (χ2v) is 5.49. The predicted octanol–water partition coefficient (Wildman–Crippen LogP) is 3.88. The van der Waals surface area contributed by atoms with Gasteiger partial charge in [-0.3, -0.25) is 0 Å². The predicted molar refractivity (Wildman–Crippen MR) is 81.9 cm³/mol. The number of benzene rings is 1. The zero-order valence-corrected chi connectivity index (χ0v) is 12.9. The van der Waals surface area contributed by atoms with Crippen molar-refractivity contribution >= 4 is 0 Å². The average molecular weight is 272 g/mol. The fraction of sp³-hybridized carbons (Fsp3) is 0.471. The maximum atomic E-state index is 5.18. The largest absolute Gasteiger partial charge is 0.361 e. The standard InChI is InChI=1S/C17H24N2O/c1-12-7-9-16(10-8-12)13(2)18-11-5-6-17-14(3)19-20-15(17)4/h7-10,13,18H,5-6,11H2,1-4H3/t13-/m0/s1. The first-order chi connectivity index (χ1) is 9.58. The highest BCUT2D eigenvalue weighted by Crippen LogP contribution is 2.15. The molecule has 0 aliphatic heterocycles. The maximum Gasteiger partial charge on any atom is 0.137 e. The number of aryl methyl sites for hydroxylation is 3. The van der Waals surface area contributed by atoms with Gasteiger partial charge in [-0.15, -0.1) is 0 Å². The molecule has 0 unspecified atom stereocenters. The lowest BCUT2D eigenvalue weighted by molar-refractivity contribution is 0.392. The first-order valence-corrected chi connectivity index (χ1v) is 7.29. The van der Waals surface area contributed by atoms with Crippen molar-refractivity contribution in [2.75, 3.05) is 6.54 Å². The van der Waals surface area contributed by atoms with Crippen LogP contribution < -0.4 is 5.32 Å². The Morgan fingerprint density at radius 2 is 1.85 bits per heavy atom. The summed E-state index contributed by atoms with van der Waals surface area (Å²) in [5.41, 5.74) is 4.93. The molecular weight excluding hydrogens is 248 g/mol. The van der Waals surface area contributed by atoms with Crippen LogP contribution in [0.4, 0.5) is 0 Å². The van der Waals surface area contributed by atoms with Crippen molar-refractivity contribution in [3.63, 3.8) is 0 Å². The van der Waals surface area contributed by atoms with Crippen molar-refractivity contribution in [3.8, 4) is 0 Å². The van der Waals surface area contributed by atoms with Crippen LogP contribution >= 0.6 is 0 Å². The smallest absolute Gasteiger partial charge is 0.137 e. The van der Waals surface area contributed by atoms with Gasteiger partial charge in [0.1, 0.15) is 5.76 Å². The van der Waals surface area contributed by atoms with Gasteiger partial charge in [0, 0.05) is 11.6 Å². The average Bonchev–Trinajstić information content (AvgIpc) is 2.75.